The first-order chi connectivity index (χ1) is 18.1. The van der Waals surface area contributed by atoms with Crippen LogP contribution in [0.3, 0.4) is 0 Å². The van der Waals surface area contributed by atoms with Crippen molar-refractivity contribution in [3.05, 3.63) is 89.2 Å². The van der Waals surface area contributed by atoms with Gasteiger partial charge in [-0.05, 0) is 80.1 Å². The highest BCUT2D eigenvalue weighted by Gasteiger charge is 2.32. The molecule has 1 atom stereocenters. The van der Waals surface area contributed by atoms with Crippen LogP contribution in [-0.2, 0) is 26.2 Å². The first-order valence-electron chi connectivity index (χ1n) is 11.8. The Bertz CT molecular complexity index is 1350. The number of amides is 2. The number of ether oxygens (including phenoxy) is 1. The molecule has 0 saturated carbocycles. The summed E-state index contributed by atoms with van der Waals surface area (Å²) in [5, 5.41) is 2.87. The molecule has 2 amide bonds. The highest BCUT2D eigenvalue weighted by atomic mass is 35.5. The zero-order valence-electron chi connectivity index (χ0n) is 21.2. The second kappa shape index (κ2) is 12.7. The van der Waals surface area contributed by atoms with Crippen LogP contribution >= 0.6 is 11.6 Å². The Hall–Kier alpha value is -3.63. The molecule has 0 fully saturated rings. The van der Waals surface area contributed by atoms with E-state index in [2.05, 4.69) is 5.32 Å². The van der Waals surface area contributed by atoms with E-state index in [1.165, 1.54) is 79.5 Å². The maximum absolute atomic E-state index is 13.7. The van der Waals surface area contributed by atoms with Gasteiger partial charge in [0.2, 0.25) is 11.8 Å². The Morgan fingerprint density at radius 3 is 2.16 bits per heavy atom. The molecule has 1 N–H and O–H groups in total. The topological polar surface area (TPSA) is 96.0 Å². The monoisotopic (exact) mass is 561 g/mol. The Kier molecular flexibility index (Phi) is 9.71. The van der Waals surface area contributed by atoms with Crippen LogP contribution in [-0.4, -0.2) is 51.4 Å². The van der Waals surface area contributed by atoms with Crippen molar-refractivity contribution >= 4 is 39.1 Å². The van der Waals surface area contributed by atoms with Gasteiger partial charge in [-0.2, -0.15) is 0 Å². The standard InChI is InChI=1S/C27H29ClFN3O5S/c1-4-37-24-13-11-23(12-14-24)32(38(35,36)25-15-7-21(28)8-16-25)18-26(33)31(19(2)27(34)30-3)17-20-5-9-22(29)10-6-20/h5-16,19H,4,17-18H2,1-3H3,(H,30,34)/t19-/m0/s1. The molecule has 0 bridgehead atoms. The van der Waals surface area contributed by atoms with Crippen molar-refractivity contribution in [2.75, 3.05) is 24.5 Å². The predicted octanol–water partition coefficient (Wildman–Crippen LogP) is 4.24. The average Bonchev–Trinajstić information content (AvgIpc) is 2.91. The first-order valence-corrected chi connectivity index (χ1v) is 13.6. The van der Waals surface area contributed by atoms with Gasteiger partial charge in [-0.15, -0.1) is 0 Å². The quantitative estimate of drug-likeness (QED) is 0.378. The molecule has 202 valence electrons. The number of rotatable bonds is 11. The summed E-state index contributed by atoms with van der Waals surface area (Å²) in [4.78, 5) is 27.4. The third kappa shape index (κ3) is 7.02. The smallest absolute Gasteiger partial charge is 0.264 e. The van der Waals surface area contributed by atoms with Gasteiger partial charge >= 0.3 is 0 Å². The molecule has 0 heterocycles. The van der Waals surface area contributed by atoms with Crippen LogP contribution in [0.5, 0.6) is 5.75 Å². The number of halogens is 2. The van der Waals surface area contributed by atoms with E-state index in [0.29, 0.717) is 22.9 Å². The zero-order chi connectivity index (χ0) is 27.9. The Morgan fingerprint density at radius 1 is 1.00 bits per heavy atom. The lowest BCUT2D eigenvalue weighted by molar-refractivity contribution is -0.139. The maximum atomic E-state index is 13.7. The summed E-state index contributed by atoms with van der Waals surface area (Å²) in [6, 6.07) is 16.5. The number of nitrogens with zero attached hydrogens (tertiary/aromatic N) is 2. The van der Waals surface area contributed by atoms with Crippen molar-refractivity contribution in [1.29, 1.82) is 0 Å². The molecule has 0 spiro atoms. The summed E-state index contributed by atoms with van der Waals surface area (Å²) in [7, 11) is -2.78. The molecule has 38 heavy (non-hydrogen) atoms. The van der Waals surface area contributed by atoms with Gasteiger partial charge in [0.15, 0.2) is 0 Å². The summed E-state index contributed by atoms with van der Waals surface area (Å²) in [6.45, 7) is 3.16. The number of hydrogen-bond acceptors (Lipinski definition) is 5. The second-order valence-electron chi connectivity index (χ2n) is 8.33. The summed E-state index contributed by atoms with van der Waals surface area (Å²) in [5.41, 5.74) is 0.801. The van der Waals surface area contributed by atoms with Gasteiger partial charge in [-0.25, -0.2) is 12.8 Å². The summed E-state index contributed by atoms with van der Waals surface area (Å²) < 4.78 is 47.3. The van der Waals surface area contributed by atoms with Gasteiger partial charge in [0.05, 0.1) is 17.2 Å². The van der Waals surface area contributed by atoms with Crippen LogP contribution in [0.2, 0.25) is 5.02 Å². The molecule has 3 rings (SSSR count). The predicted molar refractivity (Wildman–Crippen MR) is 144 cm³/mol. The van der Waals surface area contributed by atoms with Crippen LogP contribution in [0.1, 0.15) is 19.4 Å². The normalized spacial score (nSPS) is 11.9. The van der Waals surface area contributed by atoms with E-state index in [-0.39, 0.29) is 17.1 Å². The van der Waals surface area contributed by atoms with Crippen molar-refractivity contribution in [2.24, 2.45) is 0 Å². The van der Waals surface area contributed by atoms with Crippen LogP contribution in [0.25, 0.3) is 0 Å². The Labute approximate surface area is 227 Å². The van der Waals surface area contributed by atoms with E-state index in [0.717, 1.165) is 4.31 Å². The highest BCUT2D eigenvalue weighted by Crippen LogP contribution is 2.27. The Morgan fingerprint density at radius 2 is 1.61 bits per heavy atom. The number of hydrogen-bond donors (Lipinski definition) is 1. The SMILES string of the molecule is CCOc1ccc(N(CC(=O)N(Cc2ccc(F)cc2)[C@@H](C)C(=O)NC)S(=O)(=O)c2ccc(Cl)cc2)cc1. The van der Waals surface area contributed by atoms with Crippen molar-refractivity contribution < 1.29 is 27.1 Å². The number of anilines is 1. The number of nitrogens with one attached hydrogen (secondary N) is 1. The van der Waals surface area contributed by atoms with E-state index >= 15 is 0 Å². The van der Waals surface area contributed by atoms with Gasteiger partial charge in [0.25, 0.3) is 10.0 Å². The van der Waals surface area contributed by atoms with Gasteiger partial charge < -0.3 is 15.0 Å². The minimum Gasteiger partial charge on any atom is -0.494 e. The van der Waals surface area contributed by atoms with E-state index in [4.69, 9.17) is 16.3 Å². The summed E-state index contributed by atoms with van der Waals surface area (Å²) in [6.07, 6.45) is 0. The third-order valence-electron chi connectivity index (χ3n) is 5.80. The molecule has 3 aromatic carbocycles. The summed E-state index contributed by atoms with van der Waals surface area (Å²) >= 11 is 5.95. The van der Waals surface area contributed by atoms with E-state index < -0.39 is 40.2 Å². The fraction of sp³-hybridized carbons (Fsp3) is 0.259. The molecule has 0 aliphatic rings. The molecule has 0 aliphatic carbocycles. The van der Waals surface area contributed by atoms with Crippen LogP contribution in [0.15, 0.2) is 77.7 Å². The van der Waals surface area contributed by atoms with Crippen molar-refractivity contribution in [3.8, 4) is 5.75 Å². The lowest BCUT2D eigenvalue weighted by Crippen LogP contribution is -2.50. The molecule has 8 nitrogen and oxygen atoms in total. The van der Waals surface area contributed by atoms with E-state index in [1.807, 2.05) is 6.92 Å². The van der Waals surface area contributed by atoms with Crippen LogP contribution in [0, 0.1) is 5.82 Å². The van der Waals surface area contributed by atoms with E-state index in [1.54, 1.807) is 12.1 Å². The molecule has 0 radical (unpaired) electrons. The lowest BCUT2D eigenvalue weighted by Gasteiger charge is -2.31. The molecule has 11 heteroatoms. The minimum absolute atomic E-state index is 0.0359. The van der Waals surface area contributed by atoms with Gasteiger partial charge in [-0.1, -0.05) is 23.7 Å². The number of likely N-dealkylation sites (N-methyl/N-ethyl adjacent to an activating group) is 1. The molecular formula is C27H29ClFN3O5S. The third-order valence-corrected chi connectivity index (χ3v) is 7.84. The summed E-state index contributed by atoms with van der Waals surface area (Å²) in [5.74, 6) is -0.968. The lowest BCUT2D eigenvalue weighted by atomic mass is 10.1. The van der Waals surface area contributed by atoms with Crippen molar-refractivity contribution in [3.63, 3.8) is 0 Å². The second-order valence-corrected chi connectivity index (χ2v) is 10.6. The number of sulfonamides is 1. The molecule has 0 saturated heterocycles. The van der Waals surface area contributed by atoms with Crippen molar-refractivity contribution in [1.82, 2.24) is 10.2 Å². The first kappa shape index (κ1) is 28.9. The fourth-order valence-electron chi connectivity index (χ4n) is 3.72. The van der Waals surface area contributed by atoms with Crippen LogP contribution < -0.4 is 14.4 Å². The van der Waals surface area contributed by atoms with E-state index in [9.17, 15) is 22.4 Å². The number of carbonyl (C=O) groups is 2. The molecule has 3 aromatic rings. The molecule has 0 aromatic heterocycles. The van der Waals surface area contributed by atoms with Gasteiger partial charge in [0.1, 0.15) is 24.2 Å². The molecule has 0 unspecified atom stereocenters. The largest absolute Gasteiger partial charge is 0.494 e. The number of carbonyl (C=O) groups excluding carboxylic acids is 2. The van der Waals surface area contributed by atoms with Crippen LogP contribution in [0.4, 0.5) is 10.1 Å². The number of benzene rings is 3. The minimum atomic E-state index is -4.22. The molecule has 0 aliphatic heterocycles. The maximum Gasteiger partial charge on any atom is 0.264 e. The highest BCUT2D eigenvalue weighted by molar-refractivity contribution is 7.92. The van der Waals surface area contributed by atoms with Gasteiger partial charge in [-0.3, -0.25) is 13.9 Å². The molecular weight excluding hydrogens is 533 g/mol. The fourth-order valence-corrected chi connectivity index (χ4v) is 5.26. The van der Waals surface area contributed by atoms with Crippen molar-refractivity contribution in [2.45, 2.75) is 31.3 Å². The zero-order valence-corrected chi connectivity index (χ0v) is 22.8. The Balaban J connectivity index is 2.02. The van der Waals surface area contributed by atoms with Gasteiger partial charge in [0, 0.05) is 18.6 Å². The average molecular weight is 562 g/mol.